The molecular weight excluding hydrogens is 489 g/mol. The van der Waals surface area contributed by atoms with Crippen molar-refractivity contribution in [2.75, 3.05) is 7.11 Å². The Morgan fingerprint density at radius 3 is 2.29 bits per heavy atom. The van der Waals surface area contributed by atoms with Gasteiger partial charge in [0.2, 0.25) is 0 Å². The van der Waals surface area contributed by atoms with E-state index < -0.39 is 40.4 Å². The Bertz CT molecular complexity index is 1200. The summed E-state index contributed by atoms with van der Waals surface area (Å²) in [6.45, 7) is 5.41. The highest BCUT2D eigenvalue weighted by Crippen LogP contribution is 2.49. The molecule has 0 N–H and O–H groups in total. The summed E-state index contributed by atoms with van der Waals surface area (Å²) >= 11 is 12.1. The Hall–Kier alpha value is -2.83. The molecule has 0 saturated heterocycles. The summed E-state index contributed by atoms with van der Waals surface area (Å²) in [6.07, 6.45) is 0.925. The number of hydrogen-bond acceptors (Lipinski definition) is 5. The number of halogens is 2. The first-order valence-corrected chi connectivity index (χ1v) is 12.2. The third-order valence-electron chi connectivity index (χ3n) is 6.23. The predicted octanol–water partition coefficient (Wildman–Crippen LogP) is 5.27. The maximum atomic E-state index is 13.3. The van der Waals surface area contributed by atoms with Crippen LogP contribution in [0.3, 0.4) is 0 Å². The number of amides is 1. The minimum atomic E-state index is -1.35. The van der Waals surface area contributed by atoms with Crippen LogP contribution >= 0.6 is 23.2 Å². The number of esters is 2. The SMILES string of the molecule is COC(=O)[C@H]1CC2=C(Cc3ccccc32)[C@H](c2ccc(C(=O)OC(C)(C)C)cc2)N1C(=O)C(Cl)Cl. The largest absolute Gasteiger partial charge is 0.467 e. The molecule has 1 aliphatic carbocycles. The molecule has 184 valence electrons. The molecule has 2 atom stereocenters. The van der Waals surface area contributed by atoms with Crippen molar-refractivity contribution in [2.45, 2.75) is 56.1 Å². The third-order valence-corrected chi connectivity index (χ3v) is 6.60. The van der Waals surface area contributed by atoms with E-state index in [4.69, 9.17) is 32.7 Å². The van der Waals surface area contributed by atoms with E-state index in [-0.39, 0.29) is 0 Å². The fourth-order valence-corrected chi connectivity index (χ4v) is 5.05. The van der Waals surface area contributed by atoms with Crippen molar-refractivity contribution >= 4 is 46.6 Å². The molecule has 1 aliphatic heterocycles. The summed E-state index contributed by atoms with van der Waals surface area (Å²) in [5.74, 6) is -1.56. The molecule has 1 amide bonds. The minimum Gasteiger partial charge on any atom is -0.467 e. The first-order valence-electron chi connectivity index (χ1n) is 11.3. The van der Waals surface area contributed by atoms with Gasteiger partial charge in [-0.15, -0.1) is 0 Å². The Kier molecular flexibility index (Phi) is 6.98. The minimum absolute atomic E-state index is 0.303. The fraction of sp³-hybridized carbons (Fsp3) is 0.370. The van der Waals surface area contributed by atoms with E-state index in [1.165, 1.54) is 12.0 Å². The quantitative estimate of drug-likeness (QED) is 0.409. The molecular formula is C27H27Cl2NO5. The number of carbonyl (C=O) groups is 3. The molecule has 6 nitrogen and oxygen atoms in total. The number of fused-ring (bicyclic) bond motifs is 2. The van der Waals surface area contributed by atoms with Gasteiger partial charge in [0, 0.05) is 6.42 Å². The molecule has 0 saturated carbocycles. The number of rotatable bonds is 4. The lowest BCUT2D eigenvalue weighted by atomic mass is 9.84. The molecule has 4 rings (SSSR count). The van der Waals surface area contributed by atoms with Crippen molar-refractivity contribution in [3.05, 3.63) is 76.4 Å². The molecule has 0 spiro atoms. The summed E-state index contributed by atoms with van der Waals surface area (Å²) in [5.41, 5.74) is 4.69. The van der Waals surface area contributed by atoms with Gasteiger partial charge in [-0.2, -0.15) is 0 Å². The van der Waals surface area contributed by atoms with Crippen molar-refractivity contribution in [3.8, 4) is 0 Å². The van der Waals surface area contributed by atoms with Crippen LogP contribution in [0.25, 0.3) is 5.57 Å². The number of benzene rings is 2. The van der Waals surface area contributed by atoms with Crippen LogP contribution < -0.4 is 0 Å². The van der Waals surface area contributed by atoms with Crippen LogP contribution in [0.1, 0.15) is 60.3 Å². The average molecular weight is 516 g/mol. The van der Waals surface area contributed by atoms with Gasteiger partial charge in [0.1, 0.15) is 11.6 Å². The normalized spacial score (nSPS) is 19.3. The standard InChI is InChI=1S/C27H27Cl2NO5/c1-27(2,3)35-25(32)16-11-9-15(10-12-16)22-20-13-17-7-5-6-8-18(17)19(20)14-21(26(33)34-4)30(22)24(31)23(28)29/h5-12,21-23H,13-14H2,1-4H3/t21-,22+/m1/s1. The van der Waals surface area contributed by atoms with Crippen LogP contribution in [0.5, 0.6) is 0 Å². The van der Waals surface area contributed by atoms with Gasteiger partial charge < -0.3 is 14.4 Å². The van der Waals surface area contributed by atoms with Crippen LogP contribution in [0.15, 0.2) is 54.1 Å². The van der Waals surface area contributed by atoms with Crippen LogP contribution in [-0.2, 0) is 25.5 Å². The Morgan fingerprint density at radius 1 is 1.03 bits per heavy atom. The lowest BCUT2D eigenvalue weighted by Crippen LogP contribution is -2.52. The number of methoxy groups -OCH3 is 1. The number of hydrogen-bond donors (Lipinski definition) is 0. The summed E-state index contributed by atoms with van der Waals surface area (Å²) in [5, 5.41) is 0. The molecule has 0 aromatic heterocycles. The Morgan fingerprint density at radius 2 is 1.69 bits per heavy atom. The molecule has 8 heteroatoms. The van der Waals surface area contributed by atoms with Gasteiger partial charge in [-0.25, -0.2) is 9.59 Å². The second-order valence-electron chi connectivity index (χ2n) is 9.65. The van der Waals surface area contributed by atoms with E-state index in [1.54, 1.807) is 45.0 Å². The zero-order valence-electron chi connectivity index (χ0n) is 20.0. The van der Waals surface area contributed by atoms with Crippen LogP contribution in [0.2, 0.25) is 0 Å². The van der Waals surface area contributed by atoms with Crippen molar-refractivity contribution in [1.29, 1.82) is 0 Å². The van der Waals surface area contributed by atoms with Gasteiger partial charge in [0.05, 0.1) is 18.7 Å². The second kappa shape index (κ2) is 9.67. The van der Waals surface area contributed by atoms with Gasteiger partial charge >= 0.3 is 11.9 Å². The molecule has 0 unspecified atom stereocenters. The topological polar surface area (TPSA) is 72.9 Å². The van der Waals surface area contributed by atoms with Gasteiger partial charge in [-0.05, 0) is 67.2 Å². The molecule has 35 heavy (non-hydrogen) atoms. The lowest BCUT2D eigenvalue weighted by Gasteiger charge is -2.42. The number of alkyl halides is 2. The van der Waals surface area contributed by atoms with Crippen molar-refractivity contribution in [1.82, 2.24) is 4.90 Å². The van der Waals surface area contributed by atoms with Crippen LogP contribution in [0.4, 0.5) is 0 Å². The van der Waals surface area contributed by atoms with Gasteiger partial charge in [0.15, 0.2) is 4.84 Å². The lowest BCUT2D eigenvalue weighted by molar-refractivity contribution is -0.154. The maximum absolute atomic E-state index is 13.3. The maximum Gasteiger partial charge on any atom is 0.338 e. The number of nitrogens with zero attached hydrogens (tertiary/aromatic N) is 1. The molecule has 1 heterocycles. The van der Waals surface area contributed by atoms with E-state index in [0.717, 1.165) is 27.8 Å². The Labute approximate surface area is 214 Å². The molecule has 2 aliphatic rings. The first kappa shape index (κ1) is 25.3. The van der Waals surface area contributed by atoms with Crippen LogP contribution in [0, 0.1) is 0 Å². The first-order chi connectivity index (χ1) is 16.5. The summed E-state index contributed by atoms with van der Waals surface area (Å²) in [6, 6.07) is 13.4. The summed E-state index contributed by atoms with van der Waals surface area (Å²) in [7, 11) is 1.29. The van der Waals surface area contributed by atoms with Crippen molar-refractivity contribution in [3.63, 3.8) is 0 Å². The number of carbonyl (C=O) groups excluding carboxylic acids is 3. The molecule has 2 aromatic rings. The molecule has 2 aromatic carbocycles. The van der Waals surface area contributed by atoms with Gasteiger partial charge in [-0.1, -0.05) is 59.6 Å². The summed E-state index contributed by atoms with van der Waals surface area (Å²) < 4.78 is 10.5. The summed E-state index contributed by atoms with van der Waals surface area (Å²) in [4.78, 5) is 38.7. The van der Waals surface area contributed by atoms with Gasteiger partial charge in [0.25, 0.3) is 5.91 Å². The highest BCUT2D eigenvalue weighted by molar-refractivity contribution is 6.53. The van der Waals surface area contributed by atoms with E-state index in [1.807, 2.05) is 24.3 Å². The average Bonchev–Trinajstić information content (AvgIpc) is 3.19. The monoisotopic (exact) mass is 515 g/mol. The third kappa shape index (κ3) is 4.95. The van der Waals surface area contributed by atoms with E-state index in [9.17, 15) is 14.4 Å². The molecule has 0 fully saturated rings. The highest BCUT2D eigenvalue weighted by Gasteiger charge is 2.46. The fourth-order valence-electron chi connectivity index (χ4n) is 4.82. The zero-order chi connectivity index (χ0) is 25.5. The van der Waals surface area contributed by atoms with E-state index >= 15 is 0 Å². The zero-order valence-corrected chi connectivity index (χ0v) is 21.5. The molecule has 0 bridgehead atoms. The molecule has 0 radical (unpaired) electrons. The van der Waals surface area contributed by atoms with E-state index in [2.05, 4.69) is 0 Å². The Balaban J connectivity index is 1.82. The van der Waals surface area contributed by atoms with Crippen molar-refractivity contribution < 1.29 is 23.9 Å². The van der Waals surface area contributed by atoms with Gasteiger partial charge in [-0.3, -0.25) is 4.79 Å². The smallest absolute Gasteiger partial charge is 0.338 e. The predicted molar refractivity (Wildman–Crippen MR) is 134 cm³/mol. The van der Waals surface area contributed by atoms with Crippen LogP contribution in [-0.4, -0.2) is 46.3 Å². The second-order valence-corrected chi connectivity index (χ2v) is 10.7. The highest BCUT2D eigenvalue weighted by atomic mass is 35.5. The van der Waals surface area contributed by atoms with E-state index in [0.29, 0.717) is 18.4 Å². The van der Waals surface area contributed by atoms with Crippen molar-refractivity contribution in [2.24, 2.45) is 0 Å². The number of ether oxygens (including phenoxy) is 2.